The summed E-state index contributed by atoms with van der Waals surface area (Å²) in [4.78, 5) is 29.1. The maximum atomic E-state index is 12.4. The standard InChI is InChI=1S/C17H20F2N8O/c1-27(12-3-5-23-15-10(12)2-4-22-15)16-11(14(21)28)8-25-17(26-16)24-7-9(20)6-13(18)19/h2-5,8-9,13H,6-7,20H2,1H3,(H2,21,28)(H,22,23)(H,24,25,26)/t9-/m0/s1. The van der Waals surface area contributed by atoms with Crippen LogP contribution in [-0.2, 0) is 0 Å². The van der Waals surface area contributed by atoms with Gasteiger partial charge < -0.3 is 26.7 Å². The first kappa shape index (κ1) is 19.4. The van der Waals surface area contributed by atoms with Crippen LogP contribution in [-0.4, -0.2) is 51.9 Å². The Morgan fingerprint density at radius 2 is 2.14 bits per heavy atom. The van der Waals surface area contributed by atoms with E-state index in [1.165, 1.54) is 6.20 Å². The number of rotatable bonds is 8. The fourth-order valence-corrected chi connectivity index (χ4v) is 2.77. The number of carbonyl (C=O) groups is 1. The van der Waals surface area contributed by atoms with Crippen molar-refractivity contribution in [3.8, 4) is 0 Å². The minimum atomic E-state index is -2.49. The monoisotopic (exact) mass is 390 g/mol. The summed E-state index contributed by atoms with van der Waals surface area (Å²) in [6.45, 7) is 0.0563. The molecular formula is C17H20F2N8O. The number of nitrogens with zero attached hydrogens (tertiary/aromatic N) is 4. The highest BCUT2D eigenvalue weighted by atomic mass is 19.3. The zero-order valence-electron chi connectivity index (χ0n) is 15.1. The molecular weight excluding hydrogens is 370 g/mol. The maximum absolute atomic E-state index is 12.4. The molecule has 0 aliphatic carbocycles. The molecule has 1 atom stereocenters. The van der Waals surface area contributed by atoms with Gasteiger partial charge >= 0.3 is 0 Å². The molecule has 6 N–H and O–H groups in total. The second-order valence-electron chi connectivity index (χ2n) is 6.19. The van der Waals surface area contributed by atoms with Gasteiger partial charge in [-0.05, 0) is 12.1 Å². The first-order valence-corrected chi connectivity index (χ1v) is 8.47. The van der Waals surface area contributed by atoms with Crippen molar-refractivity contribution in [2.45, 2.75) is 18.9 Å². The number of fused-ring (bicyclic) bond motifs is 1. The third kappa shape index (κ3) is 4.14. The number of nitrogens with two attached hydrogens (primary N) is 2. The smallest absolute Gasteiger partial charge is 0.254 e. The molecule has 0 radical (unpaired) electrons. The van der Waals surface area contributed by atoms with Gasteiger partial charge in [0.2, 0.25) is 12.4 Å². The minimum absolute atomic E-state index is 0.0563. The third-order valence-corrected chi connectivity index (χ3v) is 4.15. The van der Waals surface area contributed by atoms with Crippen molar-refractivity contribution in [1.29, 1.82) is 0 Å². The molecule has 0 aliphatic heterocycles. The lowest BCUT2D eigenvalue weighted by atomic mass is 10.2. The lowest BCUT2D eigenvalue weighted by Gasteiger charge is -2.22. The number of halogens is 2. The number of primary amides is 1. The van der Waals surface area contributed by atoms with Gasteiger partial charge in [0.1, 0.15) is 11.2 Å². The number of alkyl halides is 2. The van der Waals surface area contributed by atoms with Gasteiger partial charge in [-0.3, -0.25) is 4.79 Å². The molecule has 3 aromatic heterocycles. The first-order chi connectivity index (χ1) is 13.4. The Morgan fingerprint density at radius 1 is 1.36 bits per heavy atom. The number of H-pyrrole nitrogens is 1. The van der Waals surface area contributed by atoms with Crippen LogP contribution in [0.2, 0.25) is 0 Å². The average molecular weight is 390 g/mol. The van der Waals surface area contributed by atoms with Crippen LogP contribution < -0.4 is 21.7 Å². The summed E-state index contributed by atoms with van der Waals surface area (Å²) in [6.07, 6.45) is 1.73. The Labute approximate surface area is 159 Å². The Hall–Kier alpha value is -3.34. The molecule has 3 heterocycles. The summed E-state index contributed by atoms with van der Waals surface area (Å²) >= 11 is 0. The summed E-state index contributed by atoms with van der Waals surface area (Å²) in [5.74, 6) is -0.278. The molecule has 0 bridgehead atoms. The van der Waals surface area contributed by atoms with E-state index in [0.29, 0.717) is 5.65 Å². The average Bonchev–Trinajstić information content (AvgIpc) is 3.13. The lowest BCUT2D eigenvalue weighted by Crippen LogP contribution is -2.31. The SMILES string of the molecule is CN(c1nc(NC[C@@H](N)CC(F)F)ncc1C(N)=O)c1ccnc2[nH]ccc12. The second kappa shape index (κ2) is 8.13. The molecule has 3 rings (SSSR count). The zero-order chi connectivity index (χ0) is 20.3. The van der Waals surface area contributed by atoms with E-state index >= 15 is 0 Å². The van der Waals surface area contributed by atoms with Crippen molar-refractivity contribution in [1.82, 2.24) is 19.9 Å². The van der Waals surface area contributed by atoms with E-state index in [-0.39, 0.29) is 23.9 Å². The summed E-state index contributed by atoms with van der Waals surface area (Å²) < 4.78 is 24.8. The number of amides is 1. The van der Waals surface area contributed by atoms with Gasteiger partial charge in [-0.2, -0.15) is 4.98 Å². The predicted octanol–water partition coefficient (Wildman–Crippen LogP) is 1.61. The highest BCUT2D eigenvalue weighted by molar-refractivity contribution is 6.00. The number of hydrogen-bond donors (Lipinski definition) is 4. The van der Waals surface area contributed by atoms with Crippen LogP contribution in [0.5, 0.6) is 0 Å². The highest BCUT2D eigenvalue weighted by Gasteiger charge is 2.19. The fraction of sp³-hybridized carbons (Fsp3) is 0.294. The molecule has 0 saturated carbocycles. The Bertz CT molecular complexity index is 977. The van der Waals surface area contributed by atoms with Gasteiger partial charge in [-0.1, -0.05) is 0 Å². The van der Waals surface area contributed by atoms with Gasteiger partial charge in [0.05, 0.1) is 5.69 Å². The summed E-state index contributed by atoms with van der Waals surface area (Å²) in [6, 6.07) is 2.86. The Kier molecular flexibility index (Phi) is 5.64. The Morgan fingerprint density at radius 3 is 2.86 bits per heavy atom. The molecule has 11 heteroatoms. The molecule has 9 nitrogen and oxygen atoms in total. The number of nitrogens with one attached hydrogen (secondary N) is 2. The van der Waals surface area contributed by atoms with Gasteiger partial charge in [0.15, 0.2) is 5.82 Å². The summed E-state index contributed by atoms with van der Waals surface area (Å²) in [5, 5.41) is 3.64. The number of hydrogen-bond acceptors (Lipinski definition) is 7. The Balaban J connectivity index is 1.92. The summed E-state index contributed by atoms with van der Waals surface area (Å²) in [7, 11) is 1.73. The predicted molar refractivity (Wildman–Crippen MR) is 102 cm³/mol. The number of carbonyl (C=O) groups excluding carboxylic acids is 1. The molecule has 0 aliphatic rings. The van der Waals surface area contributed by atoms with Gasteiger partial charge in [-0.15, -0.1) is 0 Å². The number of aromatic nitrogens is 4. The minimum Gasteiger partial charge on any atom is -0.365 e. The van der Waals surface area contributed by atoms with E-state index in [1.54, 1.807) is 30.4 Å². The van der Waals surface area contributed by atoms with Gasteiger partial charge in [0, 0.05) is 50.0 Å². The molecule has 0 spiro atoms. The lowest BCUT2D eigenvalue weighted by molar-refractivity contribution is 0.1000. The van der Waals surface area contributed by atoms with Crippen LogP contribution in [0.4, 0.5) is 26.2 Å². The van der Waals surface area contributed by atoms with E-state index in [0.717, 1.165) is 11.1 Å². The molecule has 3 aromatic rings. The van der Waals surface area contributed by atoms with Gasteiger partial charge in [-0.25, -0.2) is 18.7 Å². The van der Waals surface area contributed by atoms with Crippen molar-refractivity contribution in [3.05, 3.63) is 36.3 Å². The van der Waals surface area contributed by atoms with E-state index in [2.05, 4.69) is 25.3 Å². The van der Waals surface area contributed by atoms with Crippen LogP contribution in [0.15, 0.2) is 30.7 Å². The molecule has 0 aromatic carbocycles. The maximum Gasteiger partial charge on any atom is 0.254 e. The van der Waals surface area contributed by atoms with E-state index in [1.807, 2.05) is 6.07 Å². The van der Waals surface area contributed by atoms with E-state index < -0.39 is 24.8 Å². The first-order valence-electron chi connectivity index (χ1n) is 8.47. The summed E-state index contributed by atoms with van der Waals surface area (Å²) in [5.41, 5.74) is 12.6. The number of aromatic amines is 1. The van der Waals surface area contributed by atoms with Crippen molar-refractivity contribution < 1.29 is 13.6 Å². The zero-order valence-corrected chi connectivity index (χ0v) is 15.1. The fourth-order valence-electron chi connectivity index (χ4n) is 2.77. The number of pyridine rings is 1. The number of anilines is 3. The molecule has 0 saturated heterocycles. The van der Waals surface area contributed by atoms with E-state index in [4.69, 9.17) is 11.5 Å². The van der Waals surface area contributed by atoms with Crippen LogP contribution >= 0.6 is 0 Å². The van der Waals surface area contributed by atoms with Gasteiger partial charge in [0.25, 0.3) is 5.91 Å². The highest BCUT2D eigenvalue weighted by Crippen LogP contribution is 2.30. The van der Waals surface area contributed by atoms with Crippen molar-refractivity contribution >= 4 is 34.4 Å². The van der Waals surface area contributed by atoms with Crippen LogP contribution in [0.1, 0.15) is 16.8 Å². The molecule has 28 heavy (non-hydrogen) atoms. The molecule has 0 unspecified atom stereocenters. The van der Waals surface area contributed by atoms with E-state index in [9.17, 15) is 13.6 Å². The van der Waals surface area contributed by atoms with Crippen LogP contribution in [0.3, 0.4) is 0 Å². The normalized spacial score (nSPS) is 12.3. The molecule has 1 amide bonds. The van der Waals surface area contributed by atoms with Crippen molar-refractivity contribution in [2.24, 2.45) is 11.5 Å². The second-order valence-corrected chi connectivity index (χ2v) is 6.19. The topological polar surface area (TPSA) is 139 Å². The largest absolute Gasteiger partial charge is 0.365 e. The quantitative estimate of drug-likeness (QED) is 0.458. The van der Waals surface area contributed by atoms with Crippen LogP contribution in [0, 0.1) is 0 Å². The van der Waals surface area contributed by atoms with Crippen molar-refractivity contribution in [2.75, 3.05) is 23.8 Å². The molecule has 0 fully saturated rings. The third-order valence-electron chi connectivity index (χ3n) is 4.15. The molecule has 148 valence electrons. The van der Waals surface area contributed by atoms with Crippen LogP contribution in [0.25, 0.3) is 11.0 Å². The van der Waals surface area contributed by atoms with Crippen molar-refractivity contribution in [3.63, 3.8) is 0 Å².